The van der Waals surface area contributed by atoms with E-state index in [0.717, 1.165) is 11.1 Å². The van der Waals surface area contributed by atoms with Crippen molar-refractivity contribution in [1.29, 1.82) is 0 Å². The average Bonchev–Trinajstić information content (AvgIpc) is 2.34. The molecule has 0 bridgehead atoms. The van der Waals surface area contributed by atoms with Crippen LogP contribution in [0.1, 0.15) is 19.4 Å². The van der Waals surface area contributed by atoms with Crippen LogP contribution in [0.3, 0.4) is 0 Å². The molecule has 0 fully saturated rings. The standard InChI is InChI=1S/C14H16O2/c1-3-12(2)9-10-14(15)16-11-13-7-5-4-6-8-13/h3-10H,11H2,1-2H3/b10-9+,12-3+. The van der Waals surface area contributed by atoms with E-state index in [1.165, 1.54) is 6.08 Å². The molecule has 0 atom stereocenters. The number of benzene rings is 1. The maximum Gasteiger partial charge on any atom is 0.331 e. The first-order valence-corrected chi connectivity index (χ1v) is 5.24. The lowest BCUT2D eigenvalue weighted by Gasteiger charge is -2.01. The summed E-state index contributed by atoms with van der Waals surface area (Å²) in [7, 11) is 0. The number of rotatable bonds is 4. The van der Waals surface area contributed by atoms with Crippen LogP contribution in [-0.2, 0) is 16.1 Å². The molecule has 0 aromatic heterocycles. The first-order chi connectivity index (χ1) is 7.72. The number of hydrogen-bond acceptors (Lipinski definition) is 2. The molecular formula is C14H16O2. The maximum absolute atomic E-state index is 11.3. The van der Waals surface area contributed by atoms with Gasteiger partial charge in [0, 0.05) is 6.08 Å². The predicted molar refractivity (Wildman–Crippen MR) is 64.8 cm³/mol. The second kappa shape index (κ2) is 6.62. The largest absolute Gasteiger partial charge is 0.458 e. The summed E-state index contributed by atoms with van der Waals surface area (Å²) in [6, 6.07) is 9.62. The third kappa shape index (κ3) is 4.60. The van der Waals surface area contributed by atoms with E-state index in [2.05, 4.69) is 0 Å². The van der Waals surface area contributed by atoms with E-state index in [0.29, 0.717) is 6.61 Å². The summed E-state index contributed by atoms with van der Waals surface area (Å²) in [6.45, 7) is 4.18. The molecule has 0 aliphatic rings. The lowest BCUT2D eigenvalue weighted by atomic mass is 10.2. The second-order valence-electron chi connectivity index (χ2n) is 3.46. The number of carbonyl (C=O) groups is 1. The molecule has 0 aliphatic carbocycles. The Morgan fingerprint density at radius 1 is 1.25 bits per heavy atom. The van der Waals surface area contributed by atoms with Crippen molar-refractivity contribution in [2.75, 3.05) is 0 Å². The third-order valence-corrected chi connectivity index (χ3v) is 2.16. The van der Waals surface area contributed by atoms with Crippen molar-refractivity contribution in [1.82, 2.24) is 0 Å². The van der Waals surface area contributed by atoms with Crippen LogP contribution in [-0.4, -0.2) is 5.97 Å². The van der Waals surface area contributed by atoms with E-state index in [1.807, 2.05) is 50.3 Å². The van der Waals surface area contributed by atoms with Gasteiger partial charge in [-0.1, -0.05) is 48.1 Å². The molecule has 2 heteroatoms. The molecule has 0 N–H and O–H groups in total. The molecule has 0 radical (unpaired) electrons. The Morgan fingerprint density at radius 3 is 2.56 bits per heavy atom. The minimum absolute atomic E-state index is 0.315. The van der Waals surface area contributed by atoms with Crippen molar-refractivity contribution in [3.05, 3.63) is 59.7 Å². The molecule has 0 saturated heterocycles. The minimum atomic E-state index is -0.315. The lowest BCUT2D eigenvalue weighted by Crippen LogP contribution is -2.00. The fraction of sp³-hybridized carbons (Fsp3) is 0.214. The van der Waals surface area contributed by atoms with Gasteiger partial charge < -0.3 is 4.74 Å². The monoisotopic (exact) mass is 216 g/mol. The van der Waals surface area contributed by atoms with Gasteiger partial charge >= 0.3 is 5.97 Å². The van der Waals surface area contributed by atoms with Gasteiger partial charge in [-0.25, -0.2) is 4.79 Å². The van der Waals surface area contributed by atoms with Crippen molar-refractivity contribution in [2.45, 2.75) is 20.5 Å². The minimum Gasteiger partial charge on any atom is -0.458 e. The van der Waals surface area contributed by atoms with Gasteiger partial charge in [0.25, 0.3) is 0 Å². The smallest absolute Gasteiger partial charge is 0.331 e. The fourth-order valence-corrected chi connectivity index (χ4v) is 1.07. The molecule has 0 aliphatic heterocycles. The van der Waals surface area contributed by atoms with Crippen LogP contribution >= 0.6 is 0 Å². The summed E-state index contributed by atoms with van der Waals surface area (Å²) >= 11 is 0. The van der Waals surface area contributed by atoms with E-state index in [-0.39, 0.29) is 5.97 Å². The summed E-state index contributed by atoms with van der Waals surface area (Å²) in [6.07, 6.45) is 5.12. The van der Waals surface area contributed by atoms with Crippen molar-refractivity contribution in [3.63, 3.8) is 0 Å². The summed E-state index contributed by atoms with van der Waals surface area (Å²) in [5, 5.41) is 0. The van der Waals surface area contributed by atoms with E-state index < -0.39 is 0 Å². The Hall–Kier alpha value is -1.83. The molecule has 1 aromatic carbocycles. The first kappa shape index (κ1) is 12.2. The van der Waals surface area contributed by atoms with E-state index in [4.69, 9.17) is 4.74 Å². The van der Waals surface area contributed by atoms with Crippen LogP contribution in [0.2, 0.25) is 0 Å². The topological polar surface area (TPSA) is 26.3 Å². The van der Waals surface area contributed by atoms with Crippen molar-refractivity contribution in [2.24, 2.45) is 0 Å². The van der Waals surface area contributed by atoms with Gasteiger partial charge in [0.2, 0.25) is 0 Å². The molecule has 1 rings (SSSR count). The Balaban J connectivity index is 2.39. The molecule has 84 valence electrons. The van der Waals surface area contributed by atoms with Gasteiger partial charge in [0.15, 0.2) is 0 Å². The zero-order valence-electron chi connectivity index (χ0n) is 9.64. The predicted octanol–water partition coefficient (Wildman–Crippen LogP) is 3.25. The summed E-state index contributed by atoms with van der Waals surface area (Å²) < 4.78 is 5.07. The quantitative estimate of drug-likeness (QED) is 0.438. The van der Waals surface area contributed by atoms with Crippen LogP contribution in [0.5, 0.6) is 0 Å². The van der Waals surface area contributed by atoms with Gasteiger partial charge in [-0.2, -0.15) is 0 Å². The van der Waals surface area contributed by atoms with Gasteiger partial charge in [0.05, 0.1) is 0 Å². The molecule has 0 saturated carbocycles. The highest BCUT2D eigenvalue weighted by atomic mass is 16.5. The Bertz CT molecular complexity index is 388. The number of hydrogen-bond donors (Lipinski definition) is 0. The molecule has 0 amide bonds. The highest BCUT2D eigenvalue weighted by Gasteiger charge is 1.97. The summed E-state index contributed by atoms with van der Waals surface area (Å²) in [5.41, 5.74) is 2.03. The van der Waals surface area contributed by atoms with Gasteiger partial charge in [-0.3, -0.25) is 0 Å². The number of allylic oxidation sites excluding steroid dienone is 3. The average molecular weight is 216 g/mol. The Labute approximate surface area is 96.2 Å². The van der Waals surface area contributed by atoms with Gasteiger partial charge in [-0.05, 0) is 19.4 Å². The van der Waals surface area contributed by atoms with E-state index >= 15 is 0 Å². The highest BCUT2D eigenvalue weighted by molar-refractivity contribution is 5.82. The zero-order valence-corrected chi connectivity index (χ0v) is 9.64. The van der Waals surface area contributed by atoms with E-state index in [9.17, 15) is 4.79 Å². The molecule has 1 aromatic rings. The summed E-state index contributed by atoms with van der Waals surface area (Å²) in [4.78, 5) is 11.3. The molecular weight excluding hydrogens is 200 g/mol. The van der Waals surface area contributed by atoms with Crippen LogP contribution < -0.4 is 0 Å². The number of esters is 1. The number of carbonyl (C=O) groups excluding carboxylic acids is 1. The first-order valence-electron chi connectivity index (χ1n) is 5.24. The Morgan fingerprint density at radius 2 is 1.94 bits per heavy atom. The van der Waals surface area contributed by atoms with Crippen LogP contribution in [0.15, 0.2) is 54.1 Å². The van der Waals surface area contributed by atoms with E-state index in [1.54, 1.807) is 6.08 Å². The van der Waals surface area contributed by atoms with Crippen molar-refractivity contribution in [3.8, 4) is 0 Å². The van der Waals surface area contributed by atoms with Crippen LogP contribution in [0.25, 0.3) is 0 Å². The van der Waals surface area contributed by atoms with Crippen molar-refractivity contribution < 1.29 is 9.53 Å². The zero-order chi connectivity index (χ0) is 11.8. The fourth-order valence-electron chi connectivity index (χ4n) is 1.07. The lowest BCUT2D eigenvalue weighted by molar-refractivity contribution is -0.139. The molecule has 0 spiro atoms. The highest BCUT2D eigenvalue weighted by Crippen LogP contribution is 2.01. The normalized spacial score (nSPS) is 11.8. The molecule has 0 unspecified atom stereocenters. The Kier molecular flexibility index (Phi) is 5.06. The maximum atomic E-state index is 11.3. The summed E-state index contributed by atoms with van der Waals surface area (Å²) in [5.74, 6) is -0.315. The second-order valence-corrected chi connectivity index (χ2v) is 3.46. The van der Waals surface area contributed by atoms with Crippen LogP contribution in [0, 0.1) is 0 Å². The molecule has 2 nitrogen and oxygen atoms in total. The molecule has 16 heavy (non-hydrogen) atoms. The van der Waals surface area contributed by atoms with Gasteiger partial charge in [-0.15, -0.1) is 0 Å². The SMILES string of the molecule is C/C=C(C)/C=C/C(=O)OCc1ccccc1. The van der Waals surface area contributed by atoms with Gasteiger partial charge in [0.1, 0.15) is 6.61 Å². The number of ether oxygens (including phenoxy) is 1. The molecule has 0 heterocycles. The van der Waals surface area contributed by atoms with Crippen molar-refractivity contribution >= 4 is 5.97 Å². The van der Waals surface area contributed by atoms with Crippen LogP contribution in [0.4, 0.5) is 0 Å². The third-order valence-electron chi connectivity index (χ3n) is 2.16.